The van der Waals surface area contributed by atoms with Crippen LogP contribution in [0.3, 0.4) is 0 Å². The number of hydrogen-bond donors (Lipinski definition) is 0. The van der Waals surface area contributed by atoms with Crippen molar-refractivity contribution < 1.29 is 4.74 Å². The van der Waals surface area contributed by atoms with E-state index < -0.39 is 0 Å². The van der Waals surface area contributed by atoms with Gasteiger partial charge in [0.25, 0.3) is 0 Å². The van der Waals surface area contributed by atoms with Gasteiger partial charge in [-0.05, 0) is 42.5 Å². The first-order valence-electron chi connectivity index (χ1n) is 6.40. The highest BCUT2D eigenvalue weighted by Gasteiger charge is 2.15. The van der Waals surface area contributed by atoms with Crippen molar-refractivity contribution in [1.29, 1.82) is 0 Å². The van der Waals surface area contributed by atoms with Crippen molar-refractivity contribution in [3.05, 3.63) is 28.3 Å². The van der Waals surface area contributed by atoms with Gasteiger partial charge in [0.15, 0.2) is 0 Å². The van der Waals surface area contributed by atoms with Gasteiger partial charge in [-0.3, -0.25) is 0 Å². The predicted molar refractivity (Wildman–Crippen MR) is 78.4 cm³/mol. The van der Waals surface area contributed by atoms with E-state index in [4.69, 9.17) is 22.8 Å². The molecule has 1 aromatic carbocycles. The maximum atomic E-state index is 6.19. The van der Waals surface area contributed by atoms with Gasteiger partial charge in [0, 0.05) is 10.9 Å². The Labute approximate surface area is 115 Å². The molecule has 0 amide bonds. The molecular formula is C16H21ClO. The molecule has 0 bridgehead atoms. The summed E-state index contributed by atoms with van der Waals surface area (Å²) < 4.78 is 5.80. The van der Waals surface area contributed by atoms with Crippen LogP contribution in [-0.2, 0) is 6.42 Å². The van der Waals surface area contributed by atoms with E-state index >= 15 is 0 Å². The predicted octanol–water partition coefficient (Wildman–Crippen LogP) is 4.67. The summed E-state index contributed by atoms with van der Waals surface area (Å²) >= 11 is 6.19. The van der Waals surface area contributed by atoms with Crippen LogP contribution in [0.4, 0.5) is 0 Å². The van der Waals surface area contributed by atoms with Crippen LogP contribution < -0.4 is 4.74 Å². The second-order valence-electron chi connectivity index (χ2n) is 4.84. The molecule has 0 saturated carbocycles. The smallest absolute Gasteiger partial charge is 0.126 e. The zero-order valence-electron chi connectivity index (χ0n) is 11.6. The number of halogens is 1. The maximum absolute atomic E-state index is 6.19. The second-order valence-corrected chi connectivity index (χ2v) is 5.28. The van der Waals surface area contributed by atoms with Crippen LogP contribution in [0.15, 0.2) is 12.1 Å². The summed E-state index contributed by atoms with van der Waals surface area (Å²) in [5.41, 5.74) is 2.27. The minimum atomic E-state index is 0.183. The van der Waals surface area contributed by atoms with Crippen molar-refractivity contribution in [1.82, 2.24) is 0 Å². The average Bonchev–Trinajstić information content (AvgIpc) is 2.31. The molecule has 0 aliphatic heterocycles. The third kappa shape index (κ3) is 3.68. The Bertz CT molecular complexity index is 443. The third-order valence-corrected chi connectivity index (χ3v) is 3.10. The Kier molecular flexibility index (Phi) is 5.56. The summed E-state index contributed by atoms with van der Waals surface area (Å²) in [5.74, 6) is 4.27. The number of rotatable bonds is 5. The molecule has 98 valence electrons. The van der Waals surface area contributed by atoms with Crippen LogP contribution in [0.25, 0.3) is 0 Å². The van der Waals surface area contributed by atoms with Crippen LogP contribution in [0.1, 0.15) is 44.7 Å². The second kappa shape index (κ2) is 6.71. The zero-order chi connectivity index (χ0) is 13.7. The largest absolute Gasteiger partial charge is 0.493 e. The minimum absolute atomic E-state index is 0.183. The molecule has 1 nitrogen and oxygen atoms in total. The lowest BCUT2D eigenvalue weighted by molar-refractivity contribution is 0.330. The van der Waals surface area contributed by atoms with E-state index in [-0.39, 0.29) is 5.92 Å². The molecule has 0 fully saturated rings. The molecular weight excluding hydrogens is 244 g/mol. The SMILES string of the molecule is C#CC(C)Cc1cc(Cl)cc(C(C)C)c1OCC. The molecule has 0 aromatic heterocycles. The van der Waals surface area contributed by atoms with Gasteiger partial charge in [0.1, 0.15) is 5.75 Å². The number of benzene rings is 1. The van der Waals surface area contributed by atoms with Crippen molar-refractivity contribution in [2.75, 3.05) is 6.61 Å². The first kappa shape index (κ1) is 14.9. The normalized spacial score (nSPS) is 12.3. The lowest BCUT2D eigenvalue weighted by Gasteiger charge is -2.19. The fourth-order valence-corrected chi connectivity index (χ4v) is 2.21. The van der Waals surface area contributed by atoms with E-state index in [2.05, 4.69) is 19.8 Å². The van der Waals surface area contributed by atoms with Gasteiger partial charge in [0.2, 0.25) is 0 Å². The molecule has 0 N–H and O–H groups in total. The summed E-state index contributed by atoms with van der Waals surface area (Å²) in [7, 11) is 0. The van der Waals surface area contributed by atoms with E-state index in [9.17, 15) is 0 Å². The minimum Gasteiger partial charge on any atom is -0.493 e. The molecule has 0 heterocycles. The Morgan fingerprint density at radius 2 is 2.00 bits per heavy atom. The third-order valence-electron chi connectivity index (χ3n) is 2.88. The van der Waals surface area contributed by atoms with Gasteiger partial charge >= 0.3 is 0 Å². The monoisotopic (exact) mass is 264 g/mol. The Balaban J connectivity index is 3.25. The summed E-state index contributed by atoms with van der Waals surface area (Å²) in [5, 5.41) is 0.751. The highest BCUT2D eigenvalue weighted by Crippen LogP contribution is 2.34. The van der Waals surface area contributed by atoms with Crippen molar-refractivity contribution in [3.8, 4) is 18.1 Å². The van der Waals surface area contributed by atoms with Crippen molar-refractivity contribution in [3.63, 3.8) is 0 Å². The van der Waals surface area contributed by atoms with E-state index in [0.29, 0.717) is 12.5 Å². The van der Waals surface area contributed by atoms with Crippen molar-refractivity contribution in [2.45, 2.75) is 40.0 Å². The lowest BCUT2D eigenvalue weighted by atomic mass is 9.94. The van der Waals surface area contributed by atoms with Crippen LogP contribution in [0, 0.1) is 18.3 Å². The van der Waals surface area contributed by atoms with Crippen molar-refractivity contribution >= 4 is 11.6 Å². The summed E-state index contributed by atoms with van der Waals surface area (Å²) in [6.45, 7) is 8.96. The highest BCUT2D eigenvalue weighted by molar-refractivity contribution is 6.30. The van der Waals surface area contributed by atoms with E-state index in [0.717, 1.165) is 28.3 Å². The molecule has 1 aromatic rings. The summed E-state index contributed by atoms with van der Waals surface area (Å²) in [4.78, 5) is 0. The molecule has 18 heavy (non-hydrogen) atoms. The molecule has 1 unspecified atom stereocenters. The van der Waals surface area contributed by atoms with Gasteiger partial charge in [-0.25, -0.2) is 0 Å². The zero-order valence-corrected chi connectivity index (χ0v) is 12.3. The average molecular weight is 265 g/mol. The van der Waals surface area contributed by atoms with E-state index in [1.807, 2.05) is 26.0 Å². The van der Waals surface area contributed by atoms with Gasteiger partial charge < -0.3 is 4.74 Å². The maximum Gasteiger partial charge on any atom is 0.126 e. The Morgan fingerprint density at radius 1 is 1.33 bits per heavy atom. The quantitative estimate of drug-likeness (QED) is 0.702. The fourth-order valence-electron chi connectivity index (χ4n) is 1.96. The number of hydrogen-bond acceptors (Lipinski definition) is 1. The molecule has 1 atom stereocenters. The molecule has 0 radical (unpaired) electrons. The Morgan fingerprint density at radius 3 is 2.50 bits per heavy atom. The van der Waals surface area contributed by atoms with Gasteiger partial charge in [-0.2, -0.15) is 0 Å². The van der Waals surface area contributed by atoms with Gasteiger partial charge in [-0.1, -0.05) is 32.4 Å². The summed E-state index contributed by atoms with van der Waals surface area (Å²) in [6.07, 6.45) is 6.25. The highest BCUT2D eigenvalue weighted by atomic mass is 35.5. The molecule has 0 saturated heterocycles. The van der Waals surface area contributed by atoms with Crippen LogP contribution in [0.2, 0.25) is 5.02 Å². The summed E-state index contributed by atoms with van der Waals surface area (Å²) in [6, 6.07) is 3.95. The Hall–Kier alpha value is -1.13. The first-order valence-corrected chi connectivity index (χ1v) is 6.78. The lowest BCUT2D eigenvalue weighted by Crippen LogP contribution is -2.05. The van der Waals surface area contributed by atoms with Gasteiger partial charge in [-0.15, -0.1) is 12.3 Å². The molecule has 0 aliphatic carbocycles. The van der Waals surface area contributed by atoms with Crippen LogP contribution in [0.5, 0.6) is 5.75 Å². The van der Waals surface area contributed by atoms with Crippen LogP contribution >= 0.6 is 11.6 Å². The molecule has 0 aliphatic rings. The fraction of sp³-hybridized carbons (Fsp3) is 0.500. The first-order chi connectivity index (χ1) is 8.49. The molecule has 1 rings (SSSR count). The molecule has 0 spiro atoms. The standard InChI is InChI=1S/C16H21ClO/c1-6-12(5)8-13-9-14(17)10-15(11(3)4)16(13)18-7-2/h1,9-12H,7-8H2,2-5H3. The van der Waals surface area contributed by atoms with E-state index in [1.54, 1.807) is 0 Å². The topological polar surface area (TPSA) is 9.23 Å². The van der Waals surface area contributed by atoms with Crippen molar-refractivity contribution in [2.24, 2.45) is 5.92 Å². The van der Waals surface area contributed by atoms with Gasteiger partial charge in [0.05, 0.1) is 6.61 Å². The van der Waals surface area contributed by atoms with E-state index in [1.165, 1.54) is 0 Å². The van der Waals surface area contributed by atoms with Crippen LogP contribution in [-0.4, -0.2) is 6.61 Å². The number of terminal acetylenes is 1. The number of ether oxygens (including phenoxy) is 1. The molecule has 2 heteroatoms.